The van der Waals surface area contributed by atoms with Gasteiger partial charge in [-0.3, -0.25) is 0 Å². The molecule has 0 saturated carbocycles. The van der Waals surface area contributed by atoms with Gasteiger partial charge in [0.25, 0.3) is 0 Å². The summed E-state index contributed by atoms with van der Waals surface area (Å²) in [5, 5.41) is 8.79. The number of nitrogens with zero attached hydrogens (tertiary/aromatic N) is 2. The van der Waals surface area contributed by atoms with Crippen LogP contribution in [0, 0.1) is 18.3 Å². The van der Waals surface area contributed by atoms with E-state index in [-0.39, 0.29) is 17.5 Å². The van der Waals surface area contributed by atoms with Crippen molar-refractivity contribution >= 4 is 10.0 Å². The smallest absolute Gasteiger partial charge is 0.240 e. The summed E-state index contributed by atoms with van der Waals surface area (Å²) in [4.78, 5) is 2.13. The molecule has 2 aromatic rings. The number of sulfonamides is 1. The van der Waals surface area contributed by atoms with E-state index in [0.717, 1.165) is 11.1 Å². The fraction of sp³-hybridized carbons (Fsp3) is 0.278. The number of hydrogen-bond donors (Lipinski definition) is 1. The van der Waals surface area contributed by atoms with E-state index in [1.165, 1.54) is 24.3 Å². The molecule has 2 rings (SSSR count). The molecule has 0 aliphatic rings. The highest BCUT2D eigenvalue weighted by atomic mass is 32.2. The zero-order valence-electron chi connectivity index (χ0n) is 14.0. The Balaban J connectivity index is 2.15. The highest BCUT2D eigenvalue weighted by Gasteiger charge is 2.19. The molecule has 0 bridgehead atoms. The van der Waals surface area contributed by atoms with Crippen LogP contribution in [-0.4, -0.2) is 34.0 Å². The summed E-state index contributed by atoms with van der Waals surface area (Å²) in [6.07, 6.45) is 0. The topological polar surface area (TPSA) is 73.2 Å². The number of hydrogen-bond acceptors (Lipinski definition) is 4. The van der Waals surface area contributed by atoms with Crippen LogP contribution in [0.4, 0.5) is 0 Å². The van der Waals surface area contributed by atoms with E-state index in [1.54, 1.807) is 0 Å². The standard InChI is InChI=1S/C18H21N3O2S/c1-14-4-8-16(9-5-14)18(21(2)3)13-20-24(22,23)17-10-6-15(12-19)7-11-17/h4-11,18,20H,13H2,1-3H3. The molecular formula is C18H21N3O2S. The van der Waals surface area contributed by atoms with Gasteiger partial charge in [0.15, 0.2) is 0 Å². The molecule has 2 aromatic carbocycles. The fourth-order valence-electron chi connectivity index (χ4n) is 2.37. The van der Waals surface area contributed by atoms with Gasteiger partial charge in [-0.15, -0.1) is 0 Å². The van der Waals surface area contributed by atoms with Gasteiger partial charge in [0.05, 0.1) is 16.5 Å². The summed E-state index contributed by atoms with van der Waals surface area (Å²) in [6.45, 7) is 2.28. The molecule has 1 unspecified atom stereocenters. The summed E-state index contributed by atoms with van der Waals surface area (Å²) in [6, 6.07) is 15.8. The van der Waals surface area contributed by atoms with Crippen molar-refractivity contribution in [3.05, 3.63) is 65.2 Å². The zero-order valence-corrected chi connectivity index (χ0v) is 14.8. The van der Waals surface area contributed by atoms with Gasteiger partial charge in [0.2, 0.25) is 10.0 Å². The molecule has 0 amide bonds. The van der Waals surface area contributed by atoms with Gasteiger partial charge in [-0.05, 0) is 50.8 Å². The van der Waals surface area contributed by atoms with Crippen molar-refractivity contribution in [1.29, 1.82) is 5.26 Å². The predicted octanol–water partition coefficient (Wildman–Crippen LogP) is 2.45. The average molecular weight is 343 g/mol. The Morgan fingerprint density at radius 1 is 1.08 bits per heavy atom. The van der Waals surface area contributed by atoms with Crippen LogP contribution in [0.1, 0.15) is 22.7 Å². The molecule has 24 heavy (non-hydrogen) atoms. The normalized spacial score (nSPS) is 12.8. The Bertz CT molecular complexity index is 820. The summed E-state index contributed by atoms with van der Waals surface area (Å²) >= 11 is 0. The fourth-order valence-corrected chi connectivity index (χ4v) is 3.41. The van der Waals surface area contributed by atoms with Gasteiger partial charge in [-0.25, -0.2) is 13.1 Å². The minimum absolute atomic E-state index is 0.0706. The van der Waals surface area contributed by atoms with Crippen LogP contribution in [0.25, 0.3) is 0 Å². The van der Waals surface area contributed by atoms with Crippen molar-refractivity contribution in [1.82, 2.24) is 9.62 Å². The van der Waals surface area contributed by atoms with E-state index in [2.05, 4.69) is 4.72 Å². The molecule has 0 heterocycles. The van der Waals surface area contributed by atoms with Crippen molar-refractivity contribution in [3.63, 3.8) is 0 Å². The first-order chi connectivity index (χ1) is 11.3. The first kappa shape index (κ1) is 18.1. The molecule has 0 aliphatic heterocycles. The number of benzene rings is 2. The molecule has 126 valence electrons. The van der Waals surface area contributed by atoms with E-state index in [9.17, 15) is 8.42 Å². The van der Waals surface area contributed by atoms with Crippen LogP contribution in [-0.2, 0) is 10.0 Å². The molecule has 0 fully saturated rings. The van der Waals surface area contributed by atoms with E-state index in [1.807, 2.05) is 56.3 Å². The number of rotatable bonds is 6. The van der Waals surface area contributed by atoms with Gasteiger partial charge < -0.3 is 4.90 Å². The largest absolute Gasteiger partial charge is 0.301 e. The lowest BCUT2D eigenvalue weighted by Crippen LogP contribution is -2.34. The van der Waals surface area contributed by atoms with Gasteiger partial charge >= 0.3 is 0 Å². The van der Waals surface area contributed by atoms with Gasteiger partial charge in [0, 0.05) is 12.6 Å². The molecule has 0 aliphatic carbocycles. The molecule has 0 spiro atoms. The first-order valence-corrected chi connectivity index (χ1v) is 9.04. The molecule has 1 atom stereocenters. The second kappa shape index (κ2) is 7.58. The van der Waals surface area contributed by atoms with Crippen LogP contribution >= 0.6 is 0 Å². The molecule has 6 heteroatoms. The van der Waals surface area contributed by atoms with Crippen LogP contribution in [0.2, 0.25) is 0 Å². The maximum Gasteiger partial charge on any atom is 0.240 e. The summed E-state index contributed by atoms with van der Waals surface area (Å²) < 4.78 is 27.5. The van der Waals surface area contributed by atoms with E-state index in [0.29, 0.717) is 5.56 Å². The van der Waals surface area contributed by atoms with Gasteiger partial charge in [-0.2, -0.15) is 5.26 Å². The lowest BCUT2D eigenvalue weighted by Gasteiger charge is -2.25. The SMILES string of the molecule is Cc1ccc(C(CNS(=O)(=O)c2ccc(C#N)cc2)N(C)C)cc1. The van der Waals surface area contributed by atoms with Crippen molar-refractivity contribution in [2.45, 2.75) is 17.9 Å². The van der Waals surface area contributed by atoms with Crippen molar-refractivity contribution in [2.24, 2.45) is 0 Å². The lowest BCUT2D eigenvalue weighted by atomic mass is 10.0. The van der Waals surface area contributed by atoms with Crippen LogP contribution in [0.5, 0.6) is 0 Å². The Kier molecular flexibility index (Phi) is 5.73. The van der Waals surface area contributed by atoms with E-state index in [4.69, 9.17) is 5.26 Å². The maximum atomic E-state index is 12.4. The van der Waals surface area contributed by atoms with Crippen molar-refractivity contribution < 1.29 is 8.42 Å². The predicted molar refractivity (Wildman–Crippen MR) is 94.0 cm³/mol. The molecule has 0 aromatic heterocycles. The molecule has 0 saturated heterocycles. The Labute approximate surface area is 143 Å². The van der Waals surface area contributed by atoms with Crippen LogP contribution in [0.3, 0.4) is 0 Å². The number of nitrogens with one attached hydrogen (secondary N) is 1. The lowest BCUT2D eigenvalue weighted by molar-refractivity contribution is 0.299. The van der Waals surface area contributed by atoms with Crippen molar-refractivity contribution in [3.8, 4) is 6.07 Å². The Morgan fingerprint density at radius 3 is 2.17 bits per heavy atom. The van der Waals surface area contributed by atoms with Crippen LogP contribution in [0.15, 0.2) is 53.4 Å². The second-order valence-corrected chi connectivity index (χ2v) is 7.65. The van der Waals surface area contributed by atoms with Gasteiger partial charge in [0.1, 0.15) is 0 Å². The van der Waals surface area contributed by atoms with Crippen LogP contribution < -0.4 is 4.72 Å². The molecular weight excluding hydrogens is 322 g/mol. The quantitative estimate of drug-likeness (QED) is 0.874. The Morgan fingerprint density at radius 2 is 1.67 bits per heavy atom. The summed E-state index contributed by atoms with van der Waals surface area (Å²) in [5.74, 6) is 0. The number of aryl methyl sites for hydroxylation is 1. The third kappa shape index (κ3) is 4.42. The maximum absolute atomic E-state index is 12.4. The number of nitriles is 1. The summed E-state index contributed by atoms with van der Waals surface area (Å²) in [7, 11) is 0.218. The highest BCUT2D eigenvalue weighted by Crippen LogP contribution is 2.19. The second-order valence-electron chi connectivity index (χ2n) is 5.88. The third-order valence-electron chi connectivity index (χ3n) is 3.85. The first-order valence-electron chi connectivity index (χ1n) is 7.56. The zero-order chi connectivity index (χ0) is 17.7. The Hall–Kier alpha value is -2.20. The minimum Gasteiger partial charge on any atom is -0.301 e. The van der Waals surface area contributed by atoms with Gasteiger partial charge in [-0.1, -0.05) is 29.8 Å². The minimum atomic E-state index is -3.62. The highest BCUT2D eigenvalue weighted by molar-refractivity contribution is 7.89. The third-order valence-corrected chi connectivity index (χ3v) is 5.29. The molecule has 5 nitrogen and oxygen atoms in total. The van der Waals surface area contributed by atoms with E-state index < -0.39 is 10.0 Å². The molecule has 1 N–H and O–H groups in total. The van der Waals surface area contributed by atoms with Crippen molar-refractivity contribution in [2.75, 3.05) is 20.6 Å². The monoisotopic (exact) mass is 343 g/mol. The molecule has 0 radical (unpaired) electrons. The van der Waals surface area contributed by atoms with E-state index >= 15 is 0 Å². The average Bonchev–Trinajstić information content (AvgIpc) is 2.56. The summed E-state index contributed by atoms with van der Waals surface area (Å²) in [5.41, 5.74) is 2.64. The number of likely N-dealkylation sites (N-methyl/N-ethyl adjacent to an activating group) is 1.